The Labute approximate surface area is 186 Å². The Hall–Kier alpha value is -2.44. The van der Waals surface area contributed by atoms with Crippen molar-refractivity contribution in [2.75, 3.05) is 0 Å². The van der Waals surface area contributed by atoms with Crippen LogP contribution in [0.1, 0.15) is 75.8 Å². The molecule has 3 heteroatoms. The Balaban J connectivity index is 1.85. The van der Waals surface area contributed by atoms with Crippen LogP contribution in [0, 0.1) is 34.5 Å². The van der Waals surface area contributed by atoms with E-state index in [9.17, 15) is 9.90 Å². The molecule has 3 aliphatic carbocycles. The maximum atomic E-state index is 11.4. The molecule has 0 aliphatic heterocycles. The van der Waals surface area contributed by atoms with Crippen LogP contribution in [-0.4, -0.2) is 23.7 Å². The van der Waals surface area contributed by atoms with Gasteiger partial charge in [0.2, 0.25) is 0 Å². The summed E-state index contributed by atoms with van der Waals surface area (Å²) >= 11 is 0. The number of hydrogen-bond donors (Lipinski definition) is 2. The summed E-state index contributed by atoms with van der Waals surface area (Å²) in [6, 6.07) is 8.45. The molecule has 5 unspecified atom stereocenters. The molecule has 4 rings (SSSR count). The molecule has 2 N–H and O–H groups in total. The third-order valence-electron chi connectivity index (χ3n) is 8.10. The van der Waals surface area contributed by atoms with Crippen LogP contribution < -0.4 is 0 Å². The van der Waals surface area contributed by atoms with Crippen LogP contribution in [0.25, 0.3) is 0 Å². The van der Waals surface area contributed by atoms with Crippen LogP contribution in [0.5, 0.6) is 0 Å². The standard InChI is InChI=1S/C28H33NO2/c1-3-5-22-21(15-17-30)11-12-23-25-13-14-26(31)28(25,2)18-24(27(22)23)20-9-7-19(8-10-20)6-4-16-29/h7-10,15-17,23-26,29,31H,3,5,11-14,18H2,1-2H3/b21-15-,29-16?. The summed E-state index contributed by atoms with van der Waals surface area (Å²) in [6.07, 6.45) is 10.7. The lowest BCUT2D eigenvalue weighted by molar-refractivity contribution is -0.104. The normalized spacial score (nSPS) is 33.3. The molecule has 0 amide bonds. The fraction of sp³-hybridized carbons (Fsp3) is 0.500. The molecule has 0 spiro atoms. The zero-order chi connectivity index (χ0) is 22.0. The first-order chi connectivity index (χ1) is 15.0. The molecule has 0 saturated heterocycles. The van der Waals surface area contributed by atoms with Gasteiger partial charge in [-0.2, -0.15) is 0 Å². The Morgan fingerprint density at radius 1 is 1.23 bits per heavy atom. The van der Waals surface area contributed by atoms with Crippen molar-refractivity contribution >= 4 is 12.5 Å². The molecule has 0 bridgehead atoms. The molecule has 3 nitrogen and oxygen atoms in total. The molecule has 0 radical (unpaired) electrons. The third kappa shape index (κ3) is 3.83. The van der Waals surface area contributed by atoms with E-state index in [-0.39, 0.29) is 17.4 Å². The maximum absolute atomic E-state index is 11.4. The molecular formula is C28H33NO2. The van der Waals surface area contributed by atoms with Crippen LogP contribution in [0.3, 0.4) is 0 Å². The van der Waals surface area contributed by atoms with E-state index in [1.54, 1.807) is 6.08 Å². The number of allylic oxidation sites excluding steroid dienone is 4. The second kappa shape index (κ2) is 8.97. The lowest BCUT2D eigenvalue weighted by Crippen LogP contribution is -2.44. The van der Waals surface area contributed by atoms with E-state index in [0.717, 1.165) is 63.0 Å². The molecule has 2 saturated carbocycles. The number of aliphatic hydroxyl groups is 1. The summed E-state index contributed by atoms with van der Waals surface area (Å²) in [4.78, 5) is 11.4. The molecule has 2 fully saturated rings. The van der Waals surface area contributed by atoms with Crippen LogP contribution in [0.15, 0.2) is 47.1 Å². The van der Waals surface area contributed by atoms with Gasteiger partial charge in [-0.15, -0.1) is 0 Å². The summed E-state index contributed by atoms with van der Waals surface area (Å²) in [5.74, 6) is 6.97. The first-order valence-electron chi connectivity index (χ1n) is 11.7. The van der Waals surface area contributed by atoms with Crippen molar-refractivity contribution < 1.29 is 9.90 Å². The van der Waals surface area contributed by atoms with Gasteiger partial charge in [-0.25, -0.2) is 0 Å². The Morgan fingerprint density at radius 2 is 2.00 bits per heavy atom. The van der Waals surface area contributed by atoms with Crippen molar-refractivity contribution in [1.29, 1.82) is 5.41 Å². The minimum Gasteiger partial charge on any atom is -0.393 e. The van der Waals surface area contributed by atoms with E-state index in [1.807, 2.05) is 12.1 Å². The first kappa shape index (κ1) is 21.8. The van der Waals surface area contributed by atoms with Gasteiger partial charge in [-0.05, 0) is 90.7 Å². The molecule has 1 aromatic carbocycles. The van der Waals surface area contributed by atoms with Crippen LogP contribution >= 0.6 is 0 Å². The maximum Gasteiger partial charge on any atom is 0.143 e. The molecule has 1 aromatic rings. The van der Waals surface area contributed by atoms with Gasteiger partial charge in [0.15, 0.2) is 0 Å². The molecule has 0 aromatic heterocycles. The molecule has 31 heavy (non-hydrogen) atoms. The van der Waals surface area contributed by atoms with Crippen LogP contribution in [0.4, 0.5) is 0 Å². The van der Waals surface area contributed by atoms with Gasteiger partial charge < -0.3 is 5.11 Å². The van der Waals surface area contributed by atoms with E-state index in [4.69, 9.17) is 5.41 Å². The number of nitrogens with one attached hydrogen (secondary N) is 1. The largest absolute Gasteiger partial charge is 0.393 e. The molecular weight excluding hydrogens is 382 g/mol. The fourth-order valence-corrected chi connectivity index (χ4v) is 6.69. The highest BCUT2D eigenvalue weighted by Gasteiger charge is 2.56. The van der Waals surface area contributed by atoms with E-state index < -0.39 is 0 Å². The lowest BCUT2D eigenvalue weighted by atomic mass is 9.53. The van der Waals surface area contributed by atoms with E-state index in [0.29, 0.717) is 11.8 Å². The van der Waals surface area contributed by atoms with Gasteiger partial charge in [-0.1, -0.05) is 49.8 Å². The van der Waals surface area contributed by atoms with Crippen molar-refractivity contribution in [1.82, 2.24) is 0 Å². The molecule has 0 heterocycles. The highest BCUT2D eigenvalue weighted by atomic mass is 16.3. The Kier molecular flexibility index (Phi) is 6.30. The molecule has 5 atom stereocenters. The number of benzene rings is 1. The minimum absolute atomic E-state index is 0.0549. The van der Waals surface area contributed by atoms with Crippen molar-refractivity contribution in [2.24, 2.45) is 17.3 Å². The van der Waals surface area contributed by atoms with Gasteiger partial charge >= 0.3 is 0 Å². The van der Waals surface area contributed by atoms with Crippen LogP contribution in [0.2, 0.25) is 0 Å². The second-order valence-corrected chi connectivity index (χ2v) is 9.65. The monoisotopic (exact) mass is 415 g/mol. The summed E-state index contributed by atoms with van der Waals surface area (Å²) in [5.41, 5.74) is 6.31. The number of aliphatic hydroxyl groups excluding tert-OH is 1. The number of hydrogen-bond acceptors (Lipinski definition) is 3. The SMILES string of the molecule is CCCC1=C2C(c3ccc(C#CC=N)cc3)CC3(C)C(O)CCC3C2CC/C1=C/C=O. The Bertz CT molecular complexity index is 975. The van der Waals surface area contributed by atoms with E-state index in [1.165, 1.54) is 22.3 Å². The zero-order valence-electron chi connectivity index (χ0n) is 18.7. The number of rotatable bonds is 4. The summed E-state index contributed by atoms with van der Waals surface area (Å²) < 4.78 is 0. The molecule has 162 valence electrons. The van der Waals surface area contributed by atoms with Gasteiger partial charge in [0.1, 0.15) is 6.29 Å². The summed E-state index contributed by atoms with van der Waals surface area (Å²) in [7, 11) is 0. The zero-order valence-corrected chi connectivity index (χ0v) is 18.7. The van der Waals surface area contributed by atoms with Gasteiger partial charge in [0.25, 0.3) is 0 Å². The number of carbonyl (C=O) groups is 1. The number of carbonyl (C=O) groups excluding carboxylic acids is 1. The van der Waals surface area contributed by atoms with Crippen molar-refractivity contribution in [3.8, 4) is 11.8 Å². The van der Waals surface area contributed by atoms with Gasteiger partial charge in [-0.3, -0.25) is 10.2 Å². The van der Waals surface area contributed by atoms with Crippen molar-refractivity contribution in [3.05, 3.63) is 58.2 Å². The molecule has 3 aliphatic rings. The van der Waals surface area contributed by atoms with Crippen molar-refractivity contribution in [3.63, 3.8) is 0 Å². The average molecular weight is 416 g/mol. The predicted molar refractivity (Wildman–Crippen MR) is 125 cm³/mol. The van der Waals surface area contributed by atoms with Crippen LogP contribution in [-0.2, 0) is 4.79 Å². The minimum atomic E-state index is -0.235. The first-order valence-corrected chi connectivity index (χ1v) is 11.7. The summed E-state index contributed by atoms with van der Waals surface area (Å²) in [6.45, 7) is 4.52. The van der Waals surface area contributed by atoms with Crippen molar-refractivity contribution in [2.45, 2.75) is 70.8 Å². The quantitative estimate of drug-likeness (QED) is 0.292. The topological polar surface area (TPSA) is 61.1 Å². The Morgan fingerprint density at radius 3 is 2.68 bits per heavy atom. The number of aldehydes is 1. The van der Waals surface area contributed by atoms with E-state index >= 15 is 0 Å². The second-order valence-electron chi connectivity index (χ2n) is 9.65. The predicted octanol–water partition coefficient (Wildman–Crippen LogP) is 5.58. The number of fused-ring (bicyclic) bond motifs is 3. The highest BCUT2D eigenvalue weighted by Crippen LogP contribution is 2.63. The van der Waals surface area contributed by atoms with Gasteiger partial charge in [0.05, 0.1) is 12.3 Å². The average Bonchev–Trinajstić information content (AvgIpc) is 3.08. The summed E-state index contributed by atoms with van der Waals surface area (Å²) in [5, 5.41) is 18.1. The third-order valence-corrected chi connectivity index (χ3v) is 8.10. The lowest BCUT2D eigenvalue weighted by Gasteiger charge is -2.51. The highest BCUT2D eigenvalue weighted by molar-refractivity contribution is 5.76. The van der Waals surface area contributed by atoms with E-state index in [2.05, 4.69) is 37.8 Å². The fourth-order valence-electron chi connectivity index (χ4n) is 6.69. The van der Waals surface area contributed by atoms with Gasteiger partial charge in [0, 0.05) is 11.5 Å². The smallest absolute Gasteiger partial charge is 0.143 e.